The van der Waals surface area contributed by atoms with Crippen molar-refractivity contribution < 1.29 is 14.3 Å². The molecule has 6 heteroatoms. The summed E-state index contributed by atoms with van der Waals surface area (Å²) >= 11 is 5.89. The Labute approximate surface area is 109 Å². The number of benzene rings is 1. The number of nitrogens with zero attached hydrogens (tertiary/aromatic N) is 2. The van der Waals surface area contributed by atoms with Gasteiger partial charge in [-0.15, -0.1) is 0 Å². The normalized spacial score (nSPS) is 22.5. The number of amides is 1. The molecule has 0 aromatic heterocycles. The van der Waals surface area contributed by atoms with Crippen molar-refractivity contribution in [3.63, 3.8) is 0 Å². The van der Waals surface area contributed by atoms with Crippen molar-refractivity contribution in [2.75, 3.05) is 4.90 Å². The molecule has 0 saturated carbocycles. The molecule has 1 amide bonds. The standard InChI is InChI=1S/C12H9ClN2O3/c1-7-11(6-16)15(12(17)18-7)9-3-2-8(5-14)10(13)4-9/h2-4,6-7,11H,1H3. The Balaban J connectivity index is 2.42. The number of anilines is 1. The van der Waals surface area contributed by atoms with Gasteiger partial charge in [0.15, 0.2) is 0 Å². The average molecular weight is 265 g/mol. The monoisotopic (exact) mass is 264 g/mol. The van der Waals surface area contributed by atoms with Gasteiger partial charge in [0, 0.05) is 5.69 Å². The predicted octanol–water partition coefficient (Wildman–Crippen LogP) is 2.12. The fraction of sp³-hybridized carbons (Fsp3) is 0.250. The first-order valence-electron chi connectivity index (χ1n) is 5.23. The molecule has 1 heterocycles. The molecule has 2 unspecified atom stereocenters. The number of hydrogen-bond acceptors (Lipinski definition) is 4. The number of ether oxygens (including phenoxy) is 1. The molecule has 0 spiro atoms. The Bertz CT molecular complexity index is 553. The van der Waals surface area contributed by atoms with Gasteiger partial charge in [-0.25, -0.2) is 4.79 Å². The van der Waals surface area contributed by atoms with Crippen LogP contribution in [-0.4, -0.2) is 24.5 Å². The van der Waals surface area contributed by atoms with E-state index in [1.807, 2.05) is 6.07 Å². The van der Waals surface area contributed by atoms with Crippen LogP contribution in [0.2, 0.25) is 5.02 Å². The fourth-order valence-corrected chi connectivity index (χ4v) is 2.03. The summed E-state index contributed by atoms with van der Waals surface area (Å²) in [6.45, 7) is 1.64. The van der Waals surface area contributed by atoms with Crippen LogP contribution in [0, 0.1) is 11.3 Å². The number of cyclic esters (lactones) is 1. The second-order valence-electron chi connectivity index (χ2n) is 3.86. The maximum atomic E-state index is 11.7. The van der Waals surface area contributed by atoms with Gasteiger partial charge in [0.1, 0.15) is 24.5 Å². The van der Waals surface area contributed by atoms with Crippen LogP contribution in [0.1, 0.15) is 12.5 Å². The lowest BCUT2D eigenvalue weighted by Crippen LogP contribution is -2.37. The molecular weight excluding hydrogens is 256 g/mol. The number of carbonyl (C=O) groups is 2. The van der Waals surface area contributed by atoms with Crippen LogP contribution in [0.4, 0.5) is 10.5 Å². The summed E-state index contributed by atoms with van der Waals surface area (Å²) in [5.41, 5.74) is 0.745. The van der Waals surface area contributed by atoms with Crippen LogP contribution < -0.4 is 4.90 Å². The number of nitriles is 1. The Kier molecular flexibility index (Phi) is 3.21. The van der Waals surface area contributed by atoms with Gasteiger partial charge in [-0.05, 0) is 25.1 Å². The molecule has 1 aliphatic rings. The lowest BCUT2D eigenvalue weighted by molar-refractivity contribution is -0.109. The highest BCUT2D eigenvalue weighted by Gasteiger charge is 2.40. The Hall–Kier alpha value is -2.06. The third kappa shape index (κ3) is 1.91. The van der Waals surface area contributed by atoms with E-state index < -0.39 is 18.2 Å². The summed E-state index contributed by atoms with van der Waals surface area (Å²) in [5.74, 6) is 0. The zero-order valence-corrected chi connectivity index (χ0v) is 10.2. The molecule has 92 valence electrons. The summed E-state index contributed by atoms with van der Waals surface area (Å²) in [5, 5.41) is 9.00. The zero-order chi connectivity index (χ0) is 13.3. The maximum Gasteiger partial charge on any atom is 0.415 e. The number of hydrogen-bond donors (Lipinski definition) is 0. The van der Waals surface area contributed by atoms with Crippen LogP contribution in [0.15, 0.2) is 18.2 Å². The minimum absolute atomic E-state index is 0.229. The van der Waals surface area contributed by atoms with Crippen molar-refractivity contribution in [3.05, 3.63) is 28.8 Å². The summed E-state index contributed by atoms with van der Waals surface area (Å²) in [7, 11) is 0. The van der Waals surface area contributed by atoms with E-state index in [4.69, 9.17) is 21.6 Å². The number of halogens is 1. The SMILES string of the molecule is CC1OC(=O)N(c2ccc(C#N)c(Cl)c2)C1C=O. The minimum Gasteiger partial charge on any atom is -0.443 e. The van der Waals surface area contributed by atoms with Crippen molar-refractivity contribution in [2.45, 2.75) is 19.1 Å². The molecule has 1 aliphatic heterocycles. The van der Waals surface area contributed by atoms with E-state index in [0.717, 1.165) is 0 Å². The van der Waals surface area contributed by atoms with Crippen LogP contribution in [0.5, 0.6) is 0 Å². The van der Waals surface area contributed by atoms with Crippen molar-refractivity contribution in [1.29, 1.82) is 5.26 Å². The van der Waals surface area contributed by atoms with E-state index in [1.54, 1.807) is 13.0 Å². The number of rotatable bonds is 2. The van der Waals surface area contributed by atoms with E-state index in [0.29, 0.717) is 17.5 Å². The molecule has 0 N–H and O–H groups in total. The molecule has 0 bridgehead atoms. The topological polar surface area (TPSA) is 70.4 Å². The third-order valence-electron chi connectivity index (χ3n) is 2.75. The molecule has 18 heavy (non-hydrogen) atoms. The molecule has 1 aromatic carbocycles. The highest BCUT2D eigenvalue weighted by Crippen LogP contribution is 2.29. The van der Waals surface area contributed by atoms with E-state index >= 15 is 0 Å². The van der Waals surface area contributed by atoms with Gasteiger partial charge >= 0.3 is 6.09 Å². The van der Waals surface area contributed by atoms with E-state index in [9.17, 15) is 9.59 Å². The summed E-state index contributed by atoms with van der Waals surface area (Å²) in [6.07, 6.45) is -0.452. The van der Waals surface area contributed by atoms with E-state index in [1.165, 1.54) is 17.0 Å². The van der Waals surface area contributed by atoms with Crippen LogP contribution in [0.3, 0.4) is 0 Å². The molecule has 1 saturated heterocycles. The first-order chi connectivity index (χ1) is 8.58. The highest BCUT2D eigenvalue weighted by atomic mass is 35.5. The van der Waals surface area contributed by atoms with Crippen molar-refractivity contribution >= 4 is 29.7 Å². The molecular formula is C12H9ClN2O3. The number of carbonyl (C=O) groups excluding carboxylic acids is 2. The molecule has 0 aliphatic carbocycles. The first-order valence-corrected chi connectivity index (χ1v) is 5.61. The van der Waals surface area contributed by atoms with Crippen molar-refractivity contribution in [2.24, 2.45) is 0 Å². The van der Waals surface area contributed by atoms with Gasteiger partial charge in [-0.2, -0.15) is 5.26 Å². The second kappa shape index (κ2) is 4.67. The summed E-state index contributed by atoms with van der Waals surface area (Å²) < 4.78 is 4.98. The molecule has 5 nitrogen and oxygen atoms in total. The average Bonchev–Trinajstić information content (AvgIpc) is 2.63. The Morgan fingerprint density at radius 1 is 1.56 bits per heavy atom. The van der Waals surface area contributed by atoms with Gasteiger partial charge in [0.05, 0.1) is 10.6 Å². The Morgan fingerprint density at radius 2 is 2.28 bits per heavy atom. The minimum atomic E-state index is -0.679. The van der Waals surface area contributed by atoms with Gasteiger partial charge < -0.3 is 9.53 Å². The molecule has 2 atom stereocenters. The quantitative estimate of drug-likeness (QED) is 0.767. The zero-order valence-electron chi connectivity index (χ0n) is 9.46. The first kappa shape index (κ1) is 12.4. The molecule has 1 aromatic rings. The second-order valence-corrected chi connectivity index (χ2v) is 4.27. The lowest BCUT2D eigenvalue weighted by atomic mass is 10.1. The summed E-state index contributed by atoms with van der Waals surface area (Å²) in [6, 6.07) is 5.76. The highest BCUT2D eigenvalue weighted by molar-refractivity contribution is 6.32. The van der Waals surface area contributed by atoms with Crippen molar-refractivity contribution in [3.8, 4) is 6.07 Å². The van der Waals surface area contributed by atoms with E-state index in [-0.39, 0.29) is 5.02 Å². The molecule has 1 fully saturated rings. The third-order valence-corrected chi connectivity index (χ3v) is 3.07. The van der Waals surface area contributed by atoms with Crippen LogP contribution in [0.25, 0.3) is 0 Å². The van der Waals surface area contributed by atoms with Crippen LogP contribution in [-0.2, 0) is 9.53 Å². The Morgan fingerprint density at radius 3 is 2.83 bits per heavy atom. The van der Waals surface area contributed by atoms with Crippen molar-refractivity contribution in [1.82, 2.24) is 0 Å². The largest absolute Gasteiger partial charge is 0.443 e. The van der Waals surface area contributed by atoms with E-state index in [2.05, 4.69) is 0 Å². The van der Waals surface area contributed by atoms with Gasteiger partial charge in [-0.3, -0.25) is 4.90 Å². The van der Waals surface area contributed by atoms with Gasteiger partial charge in [0.2, 0.25) is 0 Å². The van der Waals surface area contributed by atoms with Gasteiger partial charge in [0.25, 0.3) is 0 Å². The van der Waals surface area contributed by atoms with Crippen LogP contribution >= 0.6 is 11.6 Å². The smallest absolute Gasteiger partial charge is 0.415 e. The molecule has 2 rings (SSSR count). The number of aldehydes is 1. The summed E-state index contributed by atoms with van der Waals surface area (Å²) in [4.78, 5) is 23.9. The van der Waals surface area contributed by atoms with Gasteiger partial charge in [-0.1, -0.05) is 11.6 Å². The fourth-order valence-electron chi connectivity index (χ4n) is 1.81. The molecule has 0 radical (unpaired) electrons. The predicted molar refractivity (Wildman–Crippen MR) is 64.4 cm³/mol. The maximum absolute atomic E-state index is 11.7. The lowest BCUT2D eigenvalue weighted by Gasteiger charge is -2.18.